The molecule has 13 nitrogen and oxygen atoms in total. The molecule has 42 heavy (non-hydrogen) atoms. The Hall–Kier alpha value is -2.66. The third-order valence-corrected chi connectivity index (χ3v) is 11.9. The molecule has 3 aliphatic heterocycles. The number of Topliss-reactive ketones (excluding diaryl/α,β-unsaturated/α-hetero) is 1. The van der Waals surface area contributed by atoms with E-state index in [9.17, 15) is 26.7 Å². The molecule has 3 unspecified atom stereocenters. The lowest BCUT2D eigenvalue weighted by atomic mass is 9.87. The molecule has 4 N–H and O–H groups in total. The van der Waals surface area contributed by atoms with Gasteiger partial charge in [0.2, 0.25) is 10.0 Å². The van der Waals surface area contributed by atoms with Gasteiger partial charge in [-0.3, -0.25) is 4.79 Å². The van der Waals surface area contributed by atoms with Crippen molar-refractivity contribution >= 4 is 37.1 Å². The Kier molecular flexibility index (Phi) is 8.90. The second-order valence-electron chi connectivity index (χ2n) is 10.7. The summed E-state index contributed by atoms with van der Waals surface area (Å²) < 4.78 is 68.3. The highest BCUT2D eigenvalue weighted by Crippen LogP contribution is 2.42. The number of ketones is 1. The number of sulfone groups is 1. The number of pyridine rings is 1. The van der Waals surface area contributed by atoms with Crippen LogP contribution in [-0.2, 0) is 29.3 Å². The minimum Gasteiger partial charge on any atom is -0.385 e. The Labute approximate surface area is 246 Å². The van der Waals surface area contributed by atoms with E-state index in [1.54, 1.807) is 12.1 Å². The molecular weight excluding hydrogens is 586 g/mol. The van der Waals surface area contributed by atoms with Crippen LogP contribution in [0, 0.1) is 0 Å². The number of nitrogens with one attached hydrogen (secondary N) is 3. The molecule has 3 saturated heterocycles. The summed E-state index contributed by atoms with van der Waals surface area (Å²) in [6.07, 6.45) is 0.765. The van der Waals surface area contributed by atoms with Crippen molar-refractivity contribution < 1.29 is 36.2 Å². The number of aromatic nitrogens is 1. The Bertz CT molecular complexity index is 1500. The third kappa shape index (κ3) is 5.78. The number of aliphatic hydroxyl groups excluding tert-OH is 1. The van der Waals surface area contributed by atoms with Gasteiger partial charge in [0.25, 0.3) is 0 Å². The molecule has 1 aromatic heterocycles. The maximum absolute atomic E-state index is 14.4. The van der Waals surface area contributed by atoms with E-state index < -0.39 is 48.6 Å². The minimum absolute atomic E-state index is 0.00843. The van der Waals surface area contributed by atoms with Crippen LogP contribution in [-0.4, -0.2) is 109 Å². The summed E-state index contributed by atoms with van der Waals surface area (Å²) in [5.74, 6) is -0.153. The number of sulfonamides is 1. The zero-order valence-electron chi connectivity index (χ0n) is 23.6. The number of hydrogen-bond acceptors (Lipinski definition) is 12. The number of ether oxygens (including phenoxy) is 2. The van der Waals surface area contributed by atoms with Crippen molar-refractivity contribution in [1.29, 1.82) is 0 Å². The van der Waals surface area contributed by atoms with Crippen LogP contribution in [0.15, 0.2) is 46.3 Å². The molecule has 4 heterocycles. The fourth-order valence-corrected chi connectivity index (χ4v) is 9.16. The topological polar surface area (TPSA) is 176 Å². The number of morpholine rings is 1. The second kappa shape index (κ2) is 12.1. The van der Waals surface area contributed by atoms with Gasteiger partial charge in [-0.05, 0) is 64.2 Å². The molecule has 3 atom stereocenters. The molecule has 15 heteroatoms. The molecule has 230 valence electrons. The van der Waals surface area contributed by atoms with Crippen LogP contribution in [0.3, 0.4) is 0 Å². The number of rotatable bonds is 9. The van der Waals surface area contributed by atoms with Crippen LogP contribution >= 0.6 is 0 Å². The summed E-state index contributed by atoms with van der Waals surface area (Å²) in [5, 5.41) is 15.5. The van der Waals surface area contributed by atoms with Crippen molar-refractivity contribution in [1.82, 2.24) is 15.0 Å². The van der Waals surface area contributed by atoms with E-state index in [1.807, 2.05) is 4.90 Å². The maximum Gasteiger partial charge on any atom is 0.241 e. The van der Waals surface area contributed by atoms with Gasteiger partial charge >= 0.3 is 0 Å². The van der Waals surface area contributed by atoms with Crippen molar-refractivity contribution in [3.05, 3.63) is 42.1 Å². The molecule has 5 rings (SSSR count). The first kappa shape index (κ1) is 30.8. The molecule has 1 aromatic carbocycles. The van der Waals surface area contributed by atoms with Crippen molar-refractivity contribution in [2.45, 2.75) is 52.6 Å². The van der Waals surface area contributed by atoms with E-state index in [1.165, 1.54) is 38.4 Å². The van der Waals surface area contributed by atoms with Gasteiger partial charge in [-0.25, -0.2) is 26.5 Å². The van der Waals surface area contributed by atoms with E-state index in [2.05, 4.69) is 20.3 Å². The van der Waals surface area contributed by atoms with Crippen LogP contribution in [0.1, 0.15) is 30.1 Å². The molecule has 0 saturated carbocycles. The van der Waals surface area contributed by atoms with Gasteiger partial charge in [0.1, 0.15) is 17.2 Å². The Balaban J connectivity index is 1.54. The third-order valence-electron chi connectivity index (χ3n) is 8.15. The second-order valence-corrected chi connectivity index (χ2v) is 14.6. The lowest BCUT2D eigenvalue weighted by Crippen LogP contribution is -2.55. The number of aliphatic hydroxyl groups is 1. The van der Waals surface area contributed by atoms with E-state index in [0.29, 0.717) is 58.1 Å². The SMILES string of the molecule is CNS(=O)(=O)c1cccc(NC2COC3(CCNCC3)C2S(=O)(=O)c2ccc(N3CCOCC3)nc2)c1C(=O)C(C)O. The van der Waals surface area contributed by atoms with Gasteiger partial charge < -0.3 is 30.1 Å². The van der Waals surface area contributed by atoms with E-state index in [0.717, 1.165) is 0 Å². The Morgan fingerprint density at radius 1 is 1.14 bits per heavy atom. The predicted octanol–water partition coefficient (Wildman–Crippen LogP) is 0.165. The number of piperidine rings is 1. The number of hydrogen-bond donors (Lipinski definition) is 4. The molecule has 3 fully saturated rings. The zero-order chi connectivity index (χ0) is 30.1. The summed E-state index contributed by atoms with van der Waals surface area (Å²) in [7, 11) is -6.91. The molecule has 0 radical (unpaired) electrons. The van der Waals surface area contributed by atoms with Gasteiger partial charge in [0.05, 0.1) is 46.8 Å². The molecule has 2 aromatic rings. The summed E-state index contributed by atoms with van der Waals surface area (Å²) in [5.41, 5.74) is -1.16. The number of nitrogens with zero attached hydrogens (tertiary/aromatic N) is 2. The summed E-state index contributed by atoms with van der Waals surface area (Å²) >= 11 is 0. The first-order valence-corrected chi connectivity index (χ1v) is 17.0. The van der Waals surface area contributed by atoms with Gasteiger partial charge in [0, 0.05) is 25.0 Å². The smallest absolute Gasteiger partial charge is 0.241 e. The van der Waals surface area contributed by atoms with Gasteiger partial charge in [0.15, 0.2) is 15.6 Å². The average molecular weight is 624 g/mol. The van der Waals surface area contributed by atoms with Gasteiger partial charge in [-0.15, -0.1) is 0 Å². The van der Waals surface area contributed by atoms with Crippen molar-refractivity contribution in [3.63, 3.8) is 0 Å². The fourth-order valence-electron chi connectivity index (χ4n) is 6.00. The fraction of sp³-hybridized carbons (Fsp3) is 0.556. The largest absolute Gasteiger partial charge is 0.385 e. The average Bonchev–Trinajstić information content (AvgIpc) is 3.34. The quantitative estimate of drug-likeness (QED) is 0.279. The van der Waals surface area contributed by atoms with E-state index in [4.69, 9.17) is 9.47 Å². The van der Waals surface area contributed by atoms with Crippen LogP contribution in [0.25, 0.3) is 0 Å². The molecule has 0 aliphatic carbocycles. The Morgan fingerprint density at radius 3 is 2.48 bits per heavy atom. The molecule has 0 amide bonds. The van der Waals surface area contributed by atoms with Crippen LogP contribution in [0.5, 0.6) is 0 Å². The van der Waals surface area contributed by atoms with Crippen molar-refractivity contribution in [2.75, 3.05) is 63.3 Å². The Morgan fingerprint density at radius 2 is 1.86 bits per heavy atom. The monoisotopic (exact) mass is 623 g/mol. The van der Waals surface area contributed by atoms with Gasteiger partial charge in [-0.2, -0.15) is 0 Å². The zero-order valence-corrected chi connectivity index (χ0v) is 25.2. The summed E-state index contributed by atoms with van der Waals surface area (Å²) in [4.78, 5) is 19.3. The predicted molar refractivity (Wildman–Crippen MR) is 155 cm³/mol. The van der Waals surface area contributed by atoms with Crippen LogP contribution in [0.2, 0.25) is 0 Å². The normalized spacial score (nSPS) is 23.5. The highest BCUT2D eigenvalue weighted by Gasteiger charge is 2.57. The first-order valence-electron chi connectivity index (χ1n) is 13.9. The van der Waals surface area contributed by atoms with Gasteiger partial charge in [-0.1, -0.05) is 6.07 Å². The highest BCUT2D eigenvalue weighted by atomic mass is 32.2. The molecular formula is C27H37N5O8S2. The molecule has 3 aliphatic rings. The molecule has 1 spiro atoms. The van der Waals surface area contributed by atoms with Crippen LogP contribution < -0.4 is 20.3 Å². The van der Waals surface area contributed by atoms with E-state index >= 15 is 0 Å². The highest BCUT2D eigenvalue weighted by molar-refractivity contribution is 7.92. The number of anilines is 2. The number of carbonyl (C=O) groups is 1. The van der Waals surface area contributed by atoms with Crippen molar-refractivity contribution in [2.24, 2.45) is 0 Å². The summed E-state index contributed by atoms with van der Waals surface area (Å²) in [6, 6.07) is 6.64. The maximum atomic E-state index is 14.4. The standard InChI is InChI=1S/C27H37N5O8S2/c1-18(33)25(34)24-20(4-3-5-22(24)42(37,38)28-2)31-21-17-40-27(8-10-29-11-9-27)26(21)41(35,36)19-6-7-23(30-16-19)32-12-14-39-15-13-32/h3-7,16,18,21,26,28-29,31,33H,8-15,17H2,1-2H3. The van der Waals surface area contributed by atoms with Crippen LogP contribution in [0.4, 0.5) is 11.5 Å². The minimum atomic E-state index is -4.09. The summed E-state index contributed by atoms with van der Waals surface area (Å²) in [6.45, 7) is 4.85. The van der Waals surface area contributed by atoms with Crippen molar-refractivity contribution in [3.8, 4) is 0 Å². The number of carbonyl (C=O) groups excluding carboxylic acids is 1. The lowest BCUT2D eigenvalue weighted by Gasteiger charge is -2.38. The van der Waals surface area contributed by atoms with E-state index in [-0.39, 0.29) is 27.6 Å². The number of benzene rings is 1. The lowest BCUT2D eigenvalue weighted by molar-refractivity contribution is -0.0174. The first-order chi connectivity index (χ1) is 20.0. The molecule has 0 bridgehead atoms.